The molecule has 0 atom stereocenters. The molecule has 0 spiro atoms. The van der Waals surface area contributed by atoms with Crippen molar-refractivity contribution in [2.24, 2.45) is 0 Å². The van der Waals surface area contributed by atoms with Crippen LogP contribution >= 0.6 is 0 Å². The molecule has 3 aromatic rings. The van der Waals surface area contributed by atoms with E-state index in [1.807, 2.05) is 0 Å². The minimum atomic E-state index is -2.84. The van der Waals surface area contributed by atoms with Crippen LogP contribution in [0.4, 0.5) is 8.78 Å². The molecule has 3 heterocycles. The summed E-state index contributed by atoms with van der Waals surface area (Å²) >= 11 is 0. The largest absolute Gasteiger partial charge is 0.415 e. The highest BCUT2D eigenvalue weighted by Gasteiger charge is 2.17. The minimum absolute atomic E-state index is 0.113. The summed E-state index contributed by atoms with van der Waals surface area (Å²) in [5, 5.41) is 6.74. The Morgan fingerprint density at radius 3 is 2.78 bits per heavy atom. The third-order valence-electron chi connectivity index (χ3n) is 3.10. The summed E-state index contributed by atoms with van der Waals surface area (Å²) in [4.78, 5) is 20.1. The molecule has 0 N–H and O–H groups in total. The number of aromatic nitrogens is 5. The van der Waals surface area contributed by atoms with Gasteiger partial charge in [-0.05, 0) is 6.07 Å². The molecule has 7 nitrogen and oxygen atoms in total. The van der Waals surface area contributed by atoms with E-state index in [0.717, 1.165) is 5.69 Å². The van der Waals surface area contributed by atoms with Crippen LogP contribution in [0.2, 0.25) is 0 Å². The van der Waals surface area contributed by atoms with E-state index in [4.69, 9.17) is 4.42 Å². The third kappa shape index (κ3) is 3.44. The van der Waals surface area contributed by atoms with Gasteiger partial charge in [0.15, 0.2) is 0 Å². The van der Waals surface area contributed by atoms with Gasteiger partial charge in [-0.15, -0.1) is 10.2 Å². The maximum atomic E-state index is 12.4. The van der Waals surface area contributed by atoms with Crippen molar-refractivity contribution in [2.45, 2.75) is 19.4 Å². The van der Waals surface area contributed by atoms with Gasteiger partial charge >= 0.3 is 6.43 Å². The van der Waals surface area contributed by atoms with Gasteiger partial charge in [-0.2, -0.15) is 8.78 Å². The lowest BCUT2D eigenvalue weighted by atomic mass is 10.2. The van der Waals surface area contributed by atoms with Gasteiger partial charge in [-0.3, -0.25) is 14.8 Å². The van der Waals surface area contributed by atoms with E-state index >= 15 is 0 Å². The molecular weight excluding hydrogens is 308 g/mol. The van der Waals surface area contributed by atoms with Crippen LogP contribution < -0.4 is 5.56 Å². The van der Waals surface area contributed by atoms with Gasteiger partial charge in [0.05, 0.1) is 5.69 Å². The Bertz CT molecular complexity index is 848. The lowest BCUT2D eigenvalue weighted by Crippen LogP contribution is -2.19. The molecule has 0 fully saturated rings. The number of hydrogen-bond donors (Lipinski definition) is 0. The molecule has 0 bridgehead atoms. The molecular formula is C14H11F2N5O2. The Balaban J connectivity index is 1.76. The lowest BCUT2D eigenvalue weighted by Gasteiger charge is -2.05. The Morgan fingerprint density at radius 2 is 2.13 bits per heavy atom. The molecule has 23 heavy (non-hydrogen) atoms. The molecule has 3 aromatic heterocycles. The Kier molecular flexibility index (Phi) is 4.18. The first-order valence-corrected chi connectivity index (χ1v) is 6.71. The Hall–Kier alpha value is -2.97. The maximum absolute atomic E-state index is 12.4. The van der Waals surface area contributed by atoms with Crippen LogP contribution in [0.3, 0.4) is 0 Å². The topological polar surface area (TPSA) is 86.7 Å². The van der Waals surface area contributed by atoms with Crippen LogP contribution in [-0.2, 0) is 13.0 Å². The first-order chi connectivity index (χ1) is 11.1. The second kappa shape index (κ2) is 6.42. The van der Waals surface area contributed by atoms with E-state index in [9.17, 15) is 13.6 Å². The quantitative estimate of drug-likeness (QED) is 0.713. The molecule has 9 heteroatoms. The average Bonchev–Trinajstić information content (AvgIpc) is 3.05. The van der Waals surface area contributed by atoms with Gasteiger partial charge in [0.2, 0.25) is 5.89 Å². The van der Waals surface area contributed by atoms with Gasteiger partial charge in [-0.25, -0.2) is 0 Å². The van der Waals surface area contributed by atoms with Gasteiger partial charge in [0.25, 0.3) is 11.4 Å². The Labute approximate surface area is 128 Å². The predicted octanol–water partition coefficient (Wildman–Crippen LogP) is 1.87. The van der Waals surface area contributed by atoms with Crippen molar-refractivity contribution in [2.75, 3.05) is 0 Å². The monoisotopic (exact) mass is 319 g/mol. The zero-order chi connectivity index (χ0) is 16.2. The van der Waals surface area contributed by atoms with Crippen LogP contribution in [-0.4, -0.2) is 24.7 Å². The molecule has 0 aliphatic rings. The molecule has 0 unspecified atom stereocenters. The molecule has 0 aliphatic carbocycles. The summed E-state index contributed by atoms with van der Waals surface area (Å²) in [5.41, 5.74) is 0.760. The zero-order valence-corrected chi connectivity index (χ0v) is 11.8. The van der Waals surface area contributed by atoms with Crippen molar-refractivity contribution in [3.63, 3.8) is 0 Å². The molecule has 0 amide bonds. The average molecular weight is 319 g/mol. The molecule has 3 rings (SSSR count). The first kappa shape index (κ1) is 14.9. The molecule has 118 valence electrons. The van der Waals surface area contributed by atoms with Crippen LogP contribution in [0.25, 0.3) is 11.5 Å². The normalized spacial score (nSPS) is 11.1. The maximum Gasteiger partial charge on any atom is 0.314 e. The molecule has 0 radical (unpaired) electrons. The minimum Gasteiger partial charge on any atom is -0.415 e. The fraction of sp³-hybridized carbons (Fsp3) is 0.214. The van der Waals surface area contributed by atoms with Crippen molar-refractivity contribution in [3.8, 4) is 11.5 Å². The third-order valence-corrected chi connectivity index (χ3v) is 3.10. The van der Waals surface area contributed by atoms with Gasteiger partial charge in [0.1, 0.15) is 0 Å². The SMILES string of the molecule is O=c1cc(-c2nnc(C(F)F)o2)ccn1CCc1cnccn1. The van der Waals surface area contributed by atoms with Gasteiger partial charge < -0.3 is 8.98 Å². The van der Waals surface area contributed by atoms with E-state index < -0.39 is 12.3 Å². The molecule has 0 aromatic carbocycles. The Morgan fingerprint density at radius 1 is 1.26 bits per heavy atom. The van der Waals surface area contributed by atoms with Crippen LogP contribution in [0.5, 0.6) is 0 Å². The summed E-state index contributed by atoms with van der Waals surface area (Å²) < 4.78 is 31.1. The summed E-state index contributed by atoms with van der Waals surface area (Å²) in [6.07, 6.45) is 4.02. The van der Waals surface area contributed by atoms with Gasteiger partial charge in [-0.1, -0.05) is 0 Å². The number of aryl methyl sites for hydroxylation is 2. The fourth-order valence-corrected chi connectivity index (χ4v) is 1.96. The summed E-state index contributed by atoms with van der Waals surface area (Å²) in [5.74, 6) is -0.884. The van der Waals surface area contributed by atoms with Crippen molar-refractivity contribution in [1.82, 2.24) is 24.7 Å². The number of alkyl halides is 2. The van der Waals surface area contributed by atoms with Crippen molar-refractivity contribution >= 4 is 0 Å². The van der Waals surface area contributed by atoms with E-state index in [2.05, 4.69) is 20.2 Å². The number of hydrogen-bond acceptors (Lipinski definition) is 6. The van der Waals surface area contributed by atoms with Crippen molar-refractivity contribution in [1.29, 1.82) is 0 Å². The predicted molar refractivity (Wildman–Crippen MR) is 74.7 cm³/mol. The summed E-state index contributed by atoms with van der Waals surface area (Å²) in [6, 6.07) is 2.82. The summed E-state index contributed by atoms with van der Waals surface area (Å²) in [6.45, 7) is 0.421. The highest BCUT2D eigenvalue weighted by atomic mass is 19.3. The lowest BCUT2D eigenvalue weighted by molar-refractivity contribution is 0.116. The van der Waals surface area contributed by atoms with E-state index in [1.54, 1.807) is 30.9 Å². The van der Waals surface area contributed by atoms with Crippen LogP contribution in [0.1, 0.15) is 18.0 Å². The van der Waals surface area contributed by atoms with Crippen LogP contribution in [0.15, 0.2) is 46.1 Å². The molecule has 0 saturated carbocycles. The number of rotatable bonds is 5. The number of nitrogens with zero attached hydrogens (tertiary/aromatic N) is 5. The second-order valence-electron chi connectivity index (χ2n) is 4.64. The standard InChI is InChI=1S/C14H11F2N5O2/c15-12(16)14-20-19-13(23-14)9-1-5-21(11(22)7-9)6-2-10-8-17-3-4-18-10/h1,3-5,7-8,12H,2,6H2. The van der Waals surface area contributed by atoms with E-state index in [-0.39, 0.29) is 11.4 Å². The van der Waals surface area contributed by atoms with E-state index in [1.165, 1.54) is 10.6 Å². The number of pyridine rings is 1. The first-order valence-electron chi connectivity index (χ1n) is 6.71. The van der Waals surface area contributed by atoms with E-state index in [0.29, 0.717) is 18.5 Å². The van der Waals surface area contributed by atoms with Crippen molar-refractivity contribution in [3.05, 3.63) is 58.9 Å². The van der Waals surface area contributed by atoms with Gasteiger partial charge in [0, 0.05) is 49.4 Å². The highest BCUT2D eigenvalue weighted by molar-refractivity contribution is 5.50. The smallest absolute Gasteiger partial charge is 0.314 e. The van der Waals surface area contributed by atoms with Crippen LogP contribution in [0, 0.1) is 0 Å². The van der Waals surface area contributed by atoms with Crippen molar-refractivity contribution < 1.29 is 13.2 Å². The molecule has 0 saturated heterocycles. The number of halogens is 2. The highest BCUT2D eigenvalue weighted by Crippen LogP contribution is 2.22. The molecule has 0 aliphatic heterocycles. The summed E-state index contributed by atoms with van der Waals surface area (Å²) in [7, 11) is 0. The zero-order valence-electron chi connectivity index (χ0n) is 11.8. The second-order valence-corrected chi connectivity index (χ2v) is 4.64. The fourth-order valence-electron chi connectivity index (χ4n) is 1.96.